The number of aromatic nitrogens is 1. The maximum absolute atomic E-state index is 12.1. The smallest absolute Gasteiger partial charge is 0.365 e. The van der Waals surface area contributed by atoms with Crippen LogP contribution in [0.4, 0.5) is 5.69 Å². The molecule has 3 rings (SSSR count). The molecule has 0 fully saturated rings. The van der Waals surface area contributed by atoms with Crippen molar-refractivity contribution in [2.45, 2.75) is 13.5 Å². The summed E-state index contributed by atoms with van der Waals surface area (Å²) in [6.07, 6.45) is 0. The summed E-state index contributed by atoms with van der Waals surface area (Å²) in [5, 5.41) is 10.4. The predicted octanol–water partition coefficient (Wildman–Crippen LogP) is 1.88. The third kappa shape index (κ3) is 2.11. The highest BCUT2D eigenvalue weighted by atomic mass is 32.1. The number of carboxylic acids is 1. The number of amides is 1. The minimum absolute atomic E-state index is 0.0343. The van der Waals surface area contributed by atoms with E-state index >= 15 is 0 Å². The van der Waals surface area contributed by atoms with Gasteiger partial charge in [0.05, 0.1) is 23.5 Å². The number of benzene rings is 1. The third-order valence-corrected chi connectivity index (χ3v) is 4.13. The van der Waals surface area contributed by atoms with Crippen molar-refractivity contribution < 1.29 is 19.5 Å². The van der Waals surface area contributed by atoms with E-state index in [2.05, 4.69) is 4.98 Å². The third-order valence-electron chi connectivity index (χ3n) is 3.25. The van der Waals surface area contributed by atoms with Crippen molar-refractivity contribution in [2.24, 2.45) is 0 Å². The molecule has 2 aromatic rings. The molecule has 1 aliphatic heterocycles. The van der Waals surface area contributed by atoms with E-state index in [1.165, 1.54) is 4.90 Å². The maximum Gasteiger partial charge on any atom is 0.365 e. The van der Waals surface area contributed by atoms with Gasteiger partial charge in [0, 0.05) is 5.38 Å². The van der Waals surface area contributed by atoms with E-state index in [1.54, 1.807) is 17.5 Å². The SMILES string of the molecule is Cc1cccc2c1N(Cc1csc(C(=O)O)n1)C(=O)C2=O. The fourth-order valence-corrected chi connectivity index (χ4v) is 2.98. The van der Waals surface area contributed by atoms with Crippen molar-refractivity contribution >= 4 is 34.7 Å². The molecule has 0 aliphatic carbocycles. The molecule has 7 heteroatoms. The van der Waals surface area contributed by atoms with Gasteiger partial charge in [-0.05, 0) is 18.6 Å². The average Bonchev–Trinajstić information content (AvgIpc) is 3.00. The number of hydrogen-bond donors (Lipinski definition) is 1. The topological polar surface area (TPSA) is 87.6 Å². The van der Waals surface area contributed by atoms with Crippen LogP contribution in [0.15, 0.2) is 23.6 Å². The zero-order chi connectivity index (χ0) is 15.1. The van der Waals surface area contributed by atoms with Crippen molar-refractivity contribution in [3.8, 4) is 0 Å². The lowest BCUT2D eigenvalue weighted by Gasteiger charge is -2.17. The number of rotatable bonds is 3. The Labute approximate surface area is 123 Å². The molecular formula is C14H10N2O4S. The zero-order valence-electron chi connectivity index (χ0n) is 11.0. The number of nitrogens with zero attached hydrogens (tertiary/aromatic N) is 2. The molecule has 106 valence electrons. The first kappa shape index (κ1) is 13.4. The van der Waals surface area contributed by atoms with E-state index in [-0.39, 0.29) is 11.6 Å². The fourth-order valence-electron chi connectivity index (χ4n) is 2.33. The van der Waals surface area contributed by atoms with E-state index in [0.717, 1.165) is 16.9 Å². The number of thiazole rings is 1. The molecule has 0 saturated heterocycles. The number of ketones is 1. The predicted molar refractivity (Wildman–Crippen MR) is 75.8 cm³/mol. The van der Waals surface area contributed by atoms with E-state index in [0.29, 0.717) is 16.9 Å². The largest absolute Gasteiger partial charge is 0.476 e. The summed E-state index contributed by atoms with van der Waals surface area (Å²) in [6, 6.07) is 5.17. The van der Waals surface area contributed by atoms with Gasteiger partial charge < -0.3 is 5.11 Å². The van der Waals surface area contributed by atoms with E-state index in [4.69, 9.17) is 5.11 Å². The van der Waals surface area contributed by atoms with Gasteiger partial charge >= 0.3 is 5.97 Å². The number of anilines is 1. The van der Waals surface area contributed by atoms with Crippen LogP contribution >= 0.6 is 11.3 Å². The molecule has 1 aromatic heterocycles. The van der Waals surface area contributed by atoms with Gasteiger partial charge in [-0.2, -0.15) is 0 Å². The minimum Gasteiger partial charge on any atom is -0.476 e. The molecule has 0 unspecified atom stereocenters. The number of fused-ring (bicyclic) bond motifs is 1. The number of hydrogen-bond acceptors (Lipinski definition) is 5. The Morgan fingerprint density at radius 2 is 2.14 bits per heavy atom. The second kappa shape index (κ2) is 4.78. The van der Waals surface area contributed by atoms with Gasteiger partial charge in [-0.1, -0.05) is 12.1 Å². The Morgan fingerprint density at radius 3 is 2.81 bits per heavy atom. The van der Waals surface area contributed by atoms with Crippen molar-refractivity contribution in [3.05, 3.63) is 45.4 Å². The molecule has 0 bridgehead atoms. The number of carbonyl (C=O) groups is 3. The second-order valence-corrected chi connectivity index (χ2v) is 5.50. The Morgan fingerprint density at radius 1 is 1.38 bits per heavy atom. The second-order valence-electron chi connectivity index (χ2n) is 4.64. The van der Waals surface area contributed by atoms with Crippen LogP contribution in [0.1, 0.15) is 31.4 Å². The number of aromatic carboxylic acids is 1. The summed E-state index contributed by atoms with van der Waals surface area (Å²) < 4.78 is 0. The van der Waals surface area contributed by atoms with Crippen LogP contribution < -0.4 is 4.90 Å². The highest BCUT2D eigenvalue weighted by Gasteiger charge is 2.37. The van der Waals surface area contributed by atoms with Gasteiger partial charge in [-0.3, -0.25) is 14.5 Å². The van der Waals surface area contributed by atoms with Crippen molar-refractivity contribution in [1.29, 1.82) is 0 Å². The number of para-hydroxylation sites is 1. The van der Waals surface area contributed by atoms with Gasteiger partial charge in [0.25, 0.3) is 11.7 Å². The lowest BCUT2D eigenvalue weighted by Crippen LogP contribution is -2.29. The van der Waals surface area contributed by atoms with Crippen LogP contribution in [0.5, 0.6) is 0 Å². The molecule has 0 radical (unpaired) electrons. The van der Waals surface area contributed by atoms with Gasteiger partial charge in [0.2, 0.25) is 5.01 Å². The molecular weight excluding hydrogens is 292 g/mol. The van der Waals surface area contributed by atoms with Crippen molar-refractivity contribution in [2.75, 3.05) is 4.90 Å². The quantitative estimate of drug-likeness (QED) is 0.875. The van der Waals surface area contributed by atoms with Gasteiger partial charge in [-0.25, -0.2) is 9.78 Å². The maximum atomic E-state index is 12.1. The summed E-state index contributed by atoms with van der Waals surface area (Å²) in [5.74, 6) is -2.25. The van der Waals surface area contributed by atoms with Gasteiger partial charge in [0.1, 0.15) is 0 Å². The van der Waals surface area contributed by atoms with Crippen molar-refractivity contribution in [1.82, 2.24) is 4.98 Å². The molecule has 0 spiro atoms. The van der Waals surface area contributed by atoms with Crippen LogP contribution in [-0.2, 0) is 11.3 Å². The average molecular weight is 302 g/mol. The van der Waals surface area contributed by atoms with Crippen molar-refractivity contribution in [3.63, 3.8) is 0 Å². The first-order valence-corrected chi connectivity index (χ1v) is 7.00. The number of Topliss-reactive ketones (excluding diaryl/α,β-unsaturated/α-hetero) is 1. The Hall–Kier alpha value is -2.54. The summed E-state index contributed by atoms with van der Waals surface area (Å²) >= 11 is 0.995. The van der Waals surface area contributed by atoms with Gasteiger partial charge in [-0.15, -0.1) is 11.3 Å². The summed E-state index contributed by atoms with van der Waals surface area (Å²) in [7, 11) is 0. The fraction of sp³-hybridized carbons (Fsp3) is 0.143. The zero-order valence-corrected chi connectivity index (χ0v) is 11.8. The van der Waals surface area contributed by atoms with E-state index < -0.39 is 17.7 Å². The molecule has 1 aromatic carbocycles. The summed E-state index contributed by atoms with van der Waals surface area (Å²) in [5.41, 5.74) is 2.24. The van der Waals surface area contributed by atoms with Crippen LogP contribution in [-0.4, -0.2) is 27.8 Å². The molecule has 1 aliphatic rings. The summed E-state index contributed by atoms with van der Waals surface area (Å²) in [4.78, 5) is 40.2. The number of carbonyl (C=O) groups excluding carboxylic acids is 2. The molecule has 1 N–H and O–H groups in total. The normalized spacial score (nSPS) is 13.7. The minimum atomic E-state index is -1.10. The molecule has 1 amide bonds. The lowest BCUT2D eigenvalue weighted by atomic mass is 10.1. The monoisotopic (exact) mass is 302 g/mol. The standard InChI is InChI=1S/C14H10N2O4S/c1-7-3-2-4-9-10(7)16(13(18)11(9)17)5-8-6-21-12(15-8)14(19)20/h2-4,6H,5H2,1H3,(H,19,20). The highest BCUT2D eigenvalue weighted by molar-refractivity contribution is 7.11. The van der Waals surface area contributed by atoms with Gasteiger partial charge in [0.15, 0.2) is 0 Å². The van der Waals surface area contributed by atoms with Crippen LogP contribution in [0.25, 0.3) is 0 Å². The molecule has 2 heterocycles. The Kier molecular flexibility index (Phi) is 3.06. The van der Waals surface area contributed by atoms with Crippen LogP contribution in [0.2, 0.25) is 0 Å². The Balaban J connectivity index is 1.98. The van der Waals surface area contributed by atoms with Crippen LogP contribution in [0.3, 0.4) is 0 Å². The molecule has 6 nitrogen and oxygen atoms in total. The highest BCUT2D eigenvalue weighted by Crippen LogP contribution is 2.33. The first-order valence-electron chi connectivity index (χ1n) is 6.12. The van der Waals surface area contributed by atoms with E-state index in [9.17, 15) is 14.4 Å². The Bertz CT molecular complexity index is 781. The molecule has 21 heavy (non-hydrogen) atoms. The number of aryl methyl sites for hydroxylation is 1. The summed E-state index contributed by atoms with van der Waals surface area (Å²) in [6.45, 7) is 1.91. The molecule has 0 saturated carbocycles. The van der Waals surface area contributed by atoms with E-state index in [1.807, 2.05) is 13.0 Å². The van der Waals surface area contributed by atoms with Crippen LogP contribution in [0, 0.1) is 6.92 Å². The first-order chi connectivity index (χ1) is 9.99. The number of carboxylic acid groups (broad SMARTS) is 1. The lowest BCUT2D eigenvalue weighted by molar-refractivity contribution is -0.114. The molecule has 0 atom stereocenters.